The zero-order valence-corrected chi connectivity index (χ0v) is 10.3. The lowest BCUT2D eigenvalue weighted by atomic mass is 9.96. The van der Waals surface area contributed by atoms with Crippen molar-refractivity contribution in [3.8, 4) is 0 Å². The quantitative estimate of drug-likeness (QED) is 0.734. The summed E-state index contributed by atoms with van der Waals surface area (Å²) in [7, 11) is 1.59. The first kappa shape index (κ1) is 12.9. The summed E-state index contributed by atoms with van der Waals surface area (Å²) in [6.45, 7) is 4.19. The van der Waals surface area contributed by atoms with Crippen LogP contribution in [-0.2, 0) is 9.53 Å². The normalized spacial score (nSPS) is 14.4. The molecule has 0 saturated carbocycles. The highest BCUT2D eigenvalue weighted by atomic mass is 16.5. The number of methoxy groups -OCH3 is 1. The molecule has 0 heterocycles. The Kier molecular flexibility index (Phi) is 5.20. The first-order chi connectivity index (χ1) is 7.69. The Morgan fingerprint density at radius 1 is 1.31 bits per heavy atom. The number of rotatable bonds is 6. The van der Waals surface area contributed by atoms with Crippen LogP contribution in [0.5, 0.6) is 0 Å². The van der Waals surface area contributed by atoms with Gasteiger partial charge in [0.15, 0.2) is 5.78 Å². The summed E-state index contributed by atoms with van der Waals surface area (Å²) in [6.07, 6.45) is 1.20. The monoisotopic (exact) mass is 220 g/mol. The van der Waals surface area contributed by atoms with Crippen LogP contribution in [0.4, 0.5) is 0 Å². The van der Waals surface area contributed by atoms with E-state index < -0.39 is 6.10 Å². The summed E-state index contributed by atoms with van der Waals surface area (Å²) in [5, 5.41) is 0. The Labute approximate surface area is 97.6 Å². The fourth-order valence-corrected chi connectivity index (χ4v) is 1.68. The molecule has 88 valence electrons. The first-order valence-corrected chi connectivity index (χ1v) is 5.79. The van der Waals surface area contributed by atoms with E-state index in [-0.39, 0.29) is 5.78 Å². The van der Waals surface area contributed by atoms with E-state index in [0.717, 1.165) is 12.0 Å². The van der Waals surface area contributed by atoms with Gasteiger partial charge in [0, 0.05) is 13.5 Å². The zero-order valence-electron chi connectivity index (χ0n) is 10.3. The van der Waals surface area contributed by atoms with Gasteiger partial charge in [-0.3, -0.25) is 4.79 Å². The van der Waals surface area contributed by atoms with Crippen LogP contribution in [-0.4, -0.2) is 12.9 Å². The summed E-state index contributed by atoms with van der Waals surface area (Å²) < 4.78 is 5.29. The number of hydrogen-bond donors (Lipinski definition) is 0. The fraction of sp³-hybridized carbons (Fsp3) is 0.500. The number of ether oxygens (including phenoxy) is 1. The molecule has 2 unspecified atom stereocenters. The molecule has 1 aromatic rings. The van der Waals surface area contributed by atoms with Crippen molar-refractivity contribution in [3.05, 3.63) is 35.9 Å². The summed E-state index contributed by atoms with van der Waals surface area (Å²) in [5.74, 6) is 0.594. The third-order valence-electron chi connectivity index (χ3n) is 2.88. The molecule has 0 amide bonds. The van der Waals surface area contributed by atoms with E-state index in [0.29, 0.717) is 12.3 Å². The molecule has 1 rings (SSSR count). The van der Waals surface area contributed by atoms with Crippen LogP contribution < -0.4 is 0 Å². The summed E-state index contributed by atoms with van der Waals surface area (Å²) in [5.41, 5.74) is 0.943. The van der Waals surface area contributed by atoms with Gasteiger partial charge in [-0.25, -0.2) is 0 Å². The van der Waals surface area contributed by atoms with E-state index in [4.69, 9.17) is 4.74 Å². The van der Waals surface area contributed by atoms with Crippen molar-refractivity contribution in [1.29, 1.82) is 0 Å². The number of hydrogen-bond acceptors (Lipinski definition) is 2. The molecule has 2 nitrogen and oxygen atoms in total. The molecule has 0 radical (unpaired) electrons. The largest absolute Gasteiger partial charge is 0.369 e. The molecule has 0 saturated heterocycles. The maximum atomic E-state index is 12.0. The van der Waals surface area contributed by atoms with Gasteiger partial charge in [0.25, 0.3) is 0 Å². The van der Waals surface area contributed by atoms with Gasteiger partial charge in [0.05, 0.1) is 0 Å². The molecule has 0 bridgehead atoms. The van der Waals surface area contributed by atoms with Crippen molar-refractivity contribution < 1.29 is 9.53 Å². The number of benzene rings is 1. The van der Waals surface area contributed by atoms with Crippen molar-refractivity contribution in [1.82, 2.24) is 0 Å². The summed E-state index contributed by atoms with van der Waals surface area (Å²) in [4.78, 5) is 12.0. The minimum absolute atomic E-state index is 0.169. The molecular formula is C14H20O2. The van der Waals surface area contributed by atoms with Gasteiger partial charge in [-0.05, 0) is 11.5 Å². The van der Waals surface area contributed by atoms with Gasteiger partial charge in [0.2, 0.25) is 0 Å². The SMILES string of the molecule is CCC(C)CC(=O)C(OC)c1ccccc1. The Balaban J connectivity index is 2.71. The van der Waals surface area contributed by atoms with Crippen molar-refractivity contribution >= 4 is 5.78 Å². The average molecular weight is 220 g/mol. The molecule has 1 aromatic carbocycles. The zero-order chi connectivity index (χ0) is 12.0. The molecule has 0 aliphatic carbocycles. The van der Waals surface area contributed by atoms with Crippen LogP contribution in [0.15, 0.2) is 30.3 Å². The second-order valence-electron chi connectivity index (χ2n) is 4.21. The highest BCUT2D eigenvalue weighted by Gasteiger charge is 2.20. The summed E-state index contributed by atoms with van der Waals surface area (Å²) in [6, 6.07) is 9.66. The molecule has 0 aromatic heterocycles. The van der Waals surface area contributed by atoms with E-state index in [1.807, 2.05) is 30.3 Å². The molecule has 0 spiro atoms. The van der Waals surface area contributed by atoms with Crippen LogP contribution in [0.2, 0.25) is 0 Å². The Morgan fingerprint density at radius 3 is 2.44 bits per heavy atom. The molecule has 16 heavy (non-hydrogen) atoms. The van der Waals surface area contributed by atoms with E-state index in [9.17, 15) is 4.79 Å². The maximum absolute atomic E-state index is 12.0. The second-order valence-corrected chi connectivity index (χ2v) is 4.21. The average Bonchev–Trinajstić information content (AvgIpc) is 2.31. The lowest BCUT2D eigenvalue weighted by Gasteiger charge is -2.16. The van der Waals surface area contributed by atoms with Crippen molar-refractivity contribution in [2.75, 3.05) is 7.11 Å². The second kappa shape index (κ2) is 6.44. The van der Waals surface area contributed by atoms with Crippen LogP contribution >= 0.6 is 0 Å². The fourth-order valence-electron chi connectivity index (χ4n) is 1.68. The topological polar surface area (TPSA) is 26.3 Å². The number of Topliss-reactive ketones (excluding diaryl/α,β-unsaturated/α-hetero) is 1. The third-order valence-corrected chi connectivity index (χ3v) is 2.88. The lowest BCUT2D eigenvalue weighted by Crippen LogP contribution is -2.17. The van der Waals surface area contributed by atoms with Gasteiger partial charge < -0.3 is 4.74 Å². The smallest absolute Gasteiger partial charge is 0.166 e. The number of carbonyl (C=O) groups excluding carboxylic acids is 1. The molecule has 0 aliphatic rings. The molecule has 2 atom stereocenters. The van der Waals surface area contributed by atoms with Crippen molar-refractivity contribution in [3.63, 3.8) is 0 Å². The Bertz CT molecular complexity index is 319. The standard InChI is InChI=1S/C14H20O2/c1-4-11(2)10-13(15)14(16-3)12-8-6-5-7-9-12/h5-9,11,14H,4,10H2,1-3H3. The highest BCUT2D eigenvalue weighted by Crippen LogP contribution is 2.21. The van der Waals surface area contributed by atoms with Gasteiger partial charge in [0.1, 0.15) is 6.10 Å². The van der Waals surface area contributed by atoms with Crippen LogP contribution in [0.25, 0.3) is 0 Å². The van der Waals surface area contributed by atoms with Crippen LogP contribution in [0.3, 0.4) is 0 Å². The highest BCUT2D eigenvalue weighted by molar-refractivity contribution is 5.84. The van der Waals surface area contributed by atoms with Gasteiger partial charge in [-0.1, -0.05) is 50.6 Å². The Morgan fingerprint density at radius 2 is 1.94 bits per heavy atom. The van der Waals surface area contributed by atoms with E-state index >= 15 is 0 Å². The van der Waals surface area contributed by atoms with Crippen molar-refractivity contribution in [2.45, 2.75) is 32.8 Å². The molecule has 0 N–H and O–H groups in total. The molecule has 0 aliphatic heterocycles. The number of carbonyl (C=O) groups is 1. The predicted octanol–water partition coefficient (Wildman–Crippen LogP) is 3.38. The van der Waals surface area contributed by atoms with E-state index in [2.05, 4.69) is 13.8 Å². The van der Waals surface area contributed by atoms with Gasteiger partial charge >= 0.3 is 0 Å². The van der Waals surface area contributed by atoms with E-state index in [1.165, 1.54) is 0 Å². The number of ketones is 1. The lowest BCUT2D eigenvalue weighted by molar-refractivity contribution is -0.130. The first-order valence-electron chi connectivity index (χ1n) is 5.79. The third kappa shape index (κ3) is 3.46. The van der Waals surface area contributed by atoms with Gasteiger partial charge in [-0.15, -0.1) is 0 Å². The van der Waals surface area contributed by atoms with Gasteiger partial charge in [-0.2, -0.15) is 0 Å². The minimum Gasteiger partial charge on any atom is -0.369 e. The van der Waals surface area contributed by atoms with Crippen molar-refractivity contribution in [2.24, 2.45) is 5.92 Å². The van der Waals surface area contributed by atoms with E-state index in [1.54, 1.807) is 7.11 Å². The molecule has 0 fully saturated rings. The predicted molar refractivity (Wildman–Crippen MR) is 65.3 cm³/mol. The molecule has 2 heteroatoms. The maximum Gasteiger partial charge on any atom is 0.166 e. The molecular weight excluding hydrogens is 200 g/mol. The summed E-state index contributed by atoms with van der Waals surface area (Å²) >= 11 is 0. The Hall–Kier alpha value is -1.15. The van der Waals surface area contributed by atoms with Crippen LogP contribution in [0.1, 0.15) is 38.4 Å². The minimum atomic E-state index is -0.407. The van der Waals surface area contributed by atoms with Crippen LogP contribution in [0, 0.1) is 5.92 Å².